The number of pyridine rings is 2. The van der Waals surface area contributed by atoms with Crippen LogP contribution < -0.4 is 10.5 Å². The Morgan fingerprint density at radius 3 is 3.00 bits per heavy atom. The Morgan fingerprint density at radius 2 is 2.22 bits per heavy atom. The van der Waals surface area contributed by atoms with Gasteiger partial charge >= 0.3 is 0 Å². The minimum Gasteiger partial charge on any atom is -0.477 e. The van der Waals surface area contributed by atoms with Crippen molar-refractivity contribution >= 4 is 22.6 Å². The fourth-order valence-corrected chi connectivity index (χ4v) is 4.26. The SMILES string of the molecule is CCOc1ccc([C@@H]2COCCN2C(=O)c2cc3c4c(c(N)nc3cn2)[C@@H](C)OC4)nn1. The number of nitrogens with two attached hydrogens (primary N) is 1. The number of carbonyl (C=O) groups is 1. The van der Waals surface area contributed by atoms with Crippen molar-refractivity contribution in [2.24, 2.45) is 0 Å². The lowest BCUT2D eigenvalue weighted by Gasteiger charge is -2.34. The molecular weight excluding hydrogens is 412 g/mol. The molecule has 0 unspecified atom stereocenters. The van der Waals surface area contributed by atoms with Crippen LogP contribution in [0, 0.1) is 0 Å². The van der Waals surface area contributed by atoms with Crippen LogP contribution in [-0.4, -0.2) is 57.3 Å². The van der Waals surface area contributed by atoms with E-state index in [9.17, 15) is 4.79 Å². The zero-order chi connectivity index (χ0) is 22.2. The van der Waals surface area contributed by atoms with E-state index >= 15 is 0 Å². The third-order valence-corrected chi connectivity index (χ3v) is 5.84. The first kappa shape index (κ1) is 20.5. The summed E-state index contributed by atoms with van der Waals surface area (Å²) in [4.78, 5) is 24.1. The Hall–Kier alpha value is -3.37. The van der Waals surface area contributed by atoms with E-state index < -0.39 is 0 Å². The largest absolute Gasteiger partial charge is 0.477 e. The summed E-state index contributed by atoms with van der Waals surface area (Å²) in [5.74, 6) is 0.688. The van der Waals surface area contributed by atoms with E-state index in [1.807, 2.05) is 19.9 Å². The third kappa shape index (κ3) is 3.51. The molecule has 3 aromatic heterocycles. The number of morpholine rings is 1. The molecule has 1 saturated heterocycles. The Bertz CT molecular complexity index is 1170. The smallest absolute Gasteiger partial charge is 0.273 e. The Labute approximate surface area is 184 Å². The van der Waals surface area contributed by atoms with Gasteiger partial charge in [-0.1, -0.05) is 0 Å². The molecule has 0 bridgehead atoms. The van der Waals surface area contributed by atoms with Crippen molar-refractivity contribution in [1.29, 1.82) is 0 Å². The Kier molecular flexibility index (Phi) is 5.32. The van der Waals surface area contributed by atoms with Gasteiger partial charge < -0.3 is 24.8 Å². The molecule has 0 aliphatic carbocycles. The first-order chi connectivity index (χ1) is 15.6. The van der Waals surface area contributed by atoms with Crippen molar-refractivity contribution in [3.05, 3.63) is 46.9 Å². The molecule has 1 fully saturated rings. The molecule has 1 amide bonds. The summed E-state index contributed by atoms with van der Waals surface area (Å²) in [5.41, 5.74) is 9.59. The predicted octanol–water partition coefficient (Wildman–Crippen LogP) is 2.21. The molecule has 32 heavy (non-hydrogen) atoms. The maximum absolute atomic E-state index is 13.5. The maximum atomic E-state index is 13.5. The first-order valence-electron chi connectivity index (χ1n) is 10.6. The predicted molar refractivity (Wildman–Crippen MR) is 115 cm³/mol. The van der Waals surface area contributed by atoms with Crippen LogP contribution in [0.25, 0.3) is 10.9 Å². The third-order valence-electron chi connectivity index (χ3n) is 5.84. The van der Waals surface area contributed by atoms with Gasteiger partial charge in [0.25, 0.3) is 5.91 Å². The second-order valence-electron chi connectivity index (χ2n) is 7.75. The number of fused-ring (bicyclic) bond motifs is 3. The second kappa shape index (κ2) is 8.29. The molecule has 2 aliphatic rings. The molecule has 166 valence electrons. The summed E-state index contributed by atoms with van der Waals surface area (Å²) in [7, 11) is 0. The van der Waals surface area contributed by atoms with Crippen LogP contribution in [0.2, 0.25) is 0 Å². The molecule has 0 saturated carbocycles. The van der Waals surface area contributed by atoms with Gasteiger partial charge in [0.2, 0.25) is 5.88 Å². The molecule has 2 aliphatic heterocycles. The Morgan fingerprint density at radius 1 is 1.34 bits per heavy atom. The highest BCUT2D eigenvalue weighted by Crippen LogP contribution is 2.38. The number of aromatic nitrogens is 4. The number of hydrogen-bond donors (Lipinski definition) is 1. The zero-order valence-corrected chi connectivity index (χ0v) is 17.9. The van der Waals surface area contributed by atoms with Crippen molar-refractivity contribution in [3.63, 3.8) is 0 Å². The molecule has 10 nitrogen and oxygen atoms in total. The number of ether oxygens (including phenoxy) is 3. The molecule has 2 N–H and O–H groups in total. The minimum absolute atomic E-state index is 0.129. The van der Waals surface area contributed by atoms with Crippen LogP contribution in [-0.2, 0) is 16.1 Å². The van der Waals surface area contributed by atoms with Gasteiger partial charge in [-0.15, -0.1) is 10.2 Å². The van der Waals surface area contributed by atoms with Crippen LogP contribution in [0.4, 0.5) is 5.82 Å². The van der Waals surface area contributed by atoms with Crippen molar-refractivity contribution in [2.75, 3.05) is 32.1 Å². The van der Waals surface area contributed by atoms with Crippen LogP contribution in [0.5, 0.6) is 5.88 Å². The molecule has 2 atom stereocenters. The van der Waals surface area contributed by atoms with Crippen LogP contribution >= 0.6 is 0 Å². The number of hydrogen-bond acceptors (Lipinski definition) is 9. The molecule has 0 radical (unpaired) electrons. The summed E-state index contributed by atoms with van der Waals surface area (Å²) in [6.45, 7) is 5.97. The van der Waals surface area contributed by atoms with Crippen molar-refractivity contribution in [1.82, 2.24) is 25.1 Å². The molecule has 10 heteroatoms. The van der Waals surface area contributed by atoms with Crippen LogP contribution in [0.1, 0.15) is 53.3 Å². The molecule has 5 heterocycles. The van der Waals surface area contributed by atoms with Gasteiger partial charge in [0, 0.05) is 23.6 Å². The summed E-state index contributed by atoms with van der Waals surface area (Å²) in [5, 5.41) is 9.18. The average molecular weight is 436 g/mol. The van der Waals surface area contributed by atoms with Gasteiger partial charge in [0.05, 0.1) is 56.0 Å². The van der Waals surface area contributed by atoms with Crippen LogP contribution in [0.3, 0.4) is 0 Å². The number of anilines is 1. The number of carbonyl (C=O) groups excluding carboxylic acids is 1. The van der Waals surface area contributed by atoms with Gasteiger partial charge in [-0.25, -0.2) is 9.97 Å². The monoisotopic (exact) mass is 436 g/mol. The Balaban J connectivity index is 1.48. The van der Waals surface area contributed by atoms with E-state index in [0.29, 0.717) is 61.6 Å². The van der Waals surface area contributed by atoms with Crippen LogP contribution in [0.15, 0.2) is 24.4 Å². The van der Waals surface area contributed by atoms with Gasteiger partial charge in [0.15, 0.2) is 0 Å². The lowest BCUT2D eigenvalue weighted by Crippen LogP contribution is -2.44. The van der Waals surface area contributed by atoms with E-state index in [2.05, 4.69) is 20.2 Å². The zero-order valence-electron chi connectivity index (χ0n) is 17.9. The first-order valence-corrected chi connectivity index (χ1v) is 10.6. The quantitative estimate of drug-likeness (QED) is 0.655. The average Bonchev–Trinajstić information content (AvgIpc) is 3.22. The standard InChI is InChI=1S/C22H24N6O4/c1-3-31-19-5-4-15(26-27-19)18-11-30-7-6-28(18)22(29)16-8-13-14-10-32-12(2)20(14)21(23)25-17(13)9-24-16/h4-5,8-9,12,18H,3,6-7,10-11H2,1-2H3,(H2,23,25)/t12-,18+/m1/s1. The molecule has 5 rings (SSSR count). The summed E-state index contributed by atoms with van der Waals surface area (Å²) in [6.07, 6.45) is 1.46. The summed E-state index contributed by atoms with van der Waals surface area (Å²) < 4.78 is 16.8. The highest BCUT2D eigenvalue weighted by molar-refractivity contribution is 5.97. The van der Waals surface area contributed by atoms with Gasteiger partial charge in [-0.2, -0.15) is 0 Å². The number of nitrogen functional groups attached to an aromatic ring is 1. The van der Waals surface area contributed by atoms with Crippen molar-refractivity contribution < 1.29 is 19.0 Å². The summed E-state index contributed by atoms with van der Waals surface area (Å²) >= 11 is 0. The molecule has 0 spiro atoms. The van der Waals surface area contributed by atoms with Gasteiger partial charge in [0.1, 0.15) is 11.5 Å². The second-order valence-corrected chi connectivity index (χ2v) is 7.75. The minimum atomic E-state index is -0.365. The lowest BCUT2D eigenvalue weighted by atomic mass is 10.0. The highest BCUT2D eigenvalue weighted by Gasteiger charge is 2.32. The van der Waals surface area contributed by atoms with Crippen molar-refractivity contribution in [2.45, 2.75) is 32.6 Å². The van der Waals surface area contributed by atoms with E-state index in [1.165, 1.54) is 0 Å². The lowest BCUT2D eigenvalue weighted by molar-refractivity contribution is -0.00448. The number of amides is 1. The topological polar surface area (TPSA) is 126 Å². The molecular formula is C22H24N6O4. The fourth-order valence-electron chi connectivity index (χ4n) is 4.26. The van der Waals surface area contributed by atoms with Gasteiger partial charge in [-0.05, 0) is 31.5 Å². The normalized spacial score (nSPS) is 20.4. The number of nitrogens with zero attached hydrogens (tertiary/aromatic N) is 5. The fraction of sp³-hybridized carbons (Fsp3) is 0.409. The van der Waals surface area contributed by atoms with E-state index in [1.54, 1.807) is 23.2 Å². The van der Waals surface area contributed by atoms with Gasteiger partial charge in [-0.3, -0.25) is 4.79 Å². The van der Waals surface area contributed by atoms with Crippen molar-refractivity contribution in [3.8, 4) is 5.88 Å². The summed E-state index contributed by atoms with van der Waals surface area (Å²) in [6, 6.07) is 4.97. The number of rotatable bonds is 4. The molecule has 0 aromatic carbocycles. The maximum Gasteiger partial charge on any atom is 0.273 e. The molecule has 3 aromatic rings. The van der Waals surface area contributed by atoms with E-state index in [0.717, 1.165) is 16.5 Å². The highest BCUT2D eigenvalue weighted by atomic mass is 16.5. The van der Waals surface area contributed by atoms with E-state index in [-0.39, 0.29) is 18.1 Å². The van der Waals surface area contributed by atoms with E-state index in [4.69, 9.17) is 19.9 Å².